The van der Waals surface area contributed by atoms with E-state index in [1.165, 1.54) is 21.1 Å². The lowest BCUT2D eigenvalue weighted by Gasteiger charge is -2.26. The maximum absolute atomic E-state index is 12.3. The molecule has 0 bridgehead atoms. The second kappa shape index (κ2) is 11.1. The Morgan fingerprint density at radius 2 is 1.62 bits per heavy atom. The Labute approximate surface area is 198 Å². The first-order valence-electron chi connectivity index (χ1n) is 10.9. The maximum atomic E-state index is 12.3. The van der Waals surface area contributed by atoms with Crippen molar-refractivity contribution in [3.63, 3.8) is 0 Å². The molecule has 0 saturated carbocycles. The van der Waals surface area contributed by atoms with E-state index in [0.717, 1.165) is 22.3 Å². The molecule has 0 heterocycles. The molecular weight excluding hydrogens is 440 g/mol. The molecule has 2 atom stereocenters. The number of carbonyl (C=O) groups is 3. The summed E-state index contributed by atoms with van der Waals surface area (Å²) >= 11 is 0. The number of alkyl carbamates (subject to hydrolysis) is 1. The zero-order valence-electron chi connectivity index (χ0n) is 19.5. The van der Waals surface area contributed by atoms with Crippen LogP contribution in [0.15, 0.2) is 48.5 Å². The molecule has 9 heteroatoms. The summed E-state index contributed by atoms with van der Waals surface area (Å²) in [5.41, 5.74) is 2.93. The first-order chi connectivity index (χ1) is 16.3. The number of carbonyl (C=O) groups excluding carboxylic acids is 2. The van der Waals surface area contributed by atoms with Crippen molar-refractivity contribution in [1.82, 2.24) is 10.6 Å². The average Bonchev–Trinajstić information content (AvgIpc) is 3.14. The first-order valence-corrected chi connectivity index (χ1v) is 10.9. The van der Waals surface area contributed by atoms with Gasteiger partial charge in [-0.3, -0.25) is 4.79 Å². The summed E-state index contributed by atoms with van der Waals surface area (Å²) in [6.45, 7) is 1.36. The van der Waals surface area contributed by atoms with Crippen molar-refractivity contribution in [3.8, 4) is 11.1 Å². The van der Waals surface area contributed by atoms with Crippen LogP contribution in [0.3, 0.4) is 0 Å². The third kappa shape index (κ3) is 5.73. The van der Waals surface area contributed by atoms with Crippen LogP contribution in [0.2, 0.25) is 0 Å². The van der Waals surface area contributed by atoms with Gasteiger partial charge in [0.25, 0.3) is 0 Å². The molecule has 0 saturated heterocycles. The molecule has 0 aliphatic heterocycles. The van der Waals surface area contributed by atoms with Gasteiger partial charge in [-0.05, 0) is 29.2 Å². The van der Waals surface area contributed by atoms with Crippen molar-refractivity contribution in [3.05, 3.63) is 59.7 Å². The first kappa shape index (κ1) is 25.2. The van der Waals surface area contributed by atoms with E-state index in [0.29, 0.717) is 0 Å². The van der Waals surface area contributed by atoms with Crippen LogP contribution in [0, 0.1) is 0 Å². The van der Waals surface area contributed by atoms with Crippen LogP contribution >= 0.6 is 0 Å². The number of hydrogen-bond donors (Lipinski definition) is 3. The Bertz CT molecular complexity index is 996. The second-order valence-electron chi connectivity index (χ2n) is 8.39. The molecule has 2 unspecified atom stereocenters. The molecule has 2 aromatic carbocycles. The third-order valence-electron chi connectivity index (χ3n) is 5.88. The van der Waals surface area contributed by atoms with E-state index in [1.54, 1.807) is 0 Å². The zero-order chi connectivity index (χ0) is 24.7. The number of methoxy groups -OCH3 is 2. The minimum Gasteiger partial charge on any atom is -0.479 e. The highest BCUT2D eigenvalue weighted by Gasteiger charge is 2.35. The van der Waals surface area contributed by atoms with Crippen LogP contribution in [0.5, 0.6) is 0 Å². The van der Waals surface area contributed by atoms with Crippen molar-refractivity contribution in [2.75, 3.05) is 34.0 Å². The minimum absolute atomic E-state index is 0.0225. The summed E-state index contributed by atoms with van der Waals surface area (Å²) in [6.07, 6.45) is -1.44. The Balaban J connectivity index is 1.52. The van der Waals surface area contributed by atoms with Gasteiger partial charge in [0.05, 0.1) is 19.1 Å². The van der Waals surface area contributed by atoms with E-state index in [9.17, 15) is 19.5 Å². The van der Waals surface area contributed by atoms with Crippen LogP contribution in [0.25, 0.3) is 11.1 Å². The number of aliphatic carboxylic acids is 1. The van der Waals surface area contributed by atoms with Gasteiger partial charge in [0.15, 0.2) is 5.54 Å². The van der Waals surface area contributed by atoms with Crippen LogP contribution in [0.4, 0.5) is 4.79 Å². The fraction of sp³-hybridized carbons (Fsp3) is 0.400. The quantitative estimate of drug-likeness (QED) is 0.461. The van der Waals surface area contributed by atoms with Gasteiger partial charge >= 0.3 is 12.1 Å². The molecule has 9 nitrogen and oxygen atoms in total. The average molecular weight is 471 g/mol. The van der Waals surface area contributed by atoms with Crippen molar-refractivity contribution in [2.24, 2.45) is 0 Å². The number of nitrogens with one attached hydrogen (secondary N) is 2. The van der Waals surface area contributed by atoms with Gasteiger partial charge < -0.3 is 30.0 Å². The van der Waals surface area contributed by atoms with Crippen LogP contribution in [-0.2, 0) is 23.8 Å². The number of amides is 2. The van der Waals surface area contributed by atoms with Crippen LogP contribution < -0.4 is 10.6 Å². The summed E-state index contributed by atoms with van der Waals surface area (Å²) in [4.78, 5) is 36.1. The Morgan fingerprint density at radius 3 is 2.15 bits per heavy atom. The molecule has 3 N–H and O–H groups in total. The third-order valence-corrected chi connectivity index (χ3v) is 5.88. The lowest BCUT2D eigenvalue weighted by Crippen LogP contribution is -2.56. The highest BCUT2D eigenvalue weighted by atomic mass is 16.5. The second-order valence-corrected chi connectivity index (χ2v) is 8.39. The molecule has 1 aliphatic carbocycles. The van der Waals surface area contributed by atoms with Crippen molar-refractivity contribution < 1.29 is 33.7 Å². The Hall–Kier alpha value is -3.43. The smallest absolute Gasteiger partial charge is 0.407 e. The number of fused-ring (bicyclic) bond motifs is 3. The molecule has 0 fully saturated rings. The van der Waals surface area contributed by atoms with Crippen molar-refractivity contribution in [2.45, 2.75) is 30.9 Å². The van der Waals surface area contributed by atoms with E-state index < -0.39 is 29.6 Å². The number of carboxylic acids is 1. The minimum atomic E-state index is -1.57. The molecule has 182 valence electrons. The summed E-state index contributed by atoms with van der Waals surface area (Å²) in [7, 11) is 2.76. The van der Waals surface area contributed by atoms with Gasteiger partial charge in [-0.15, -0.1) is 0 Å². The van der Waals surface area contributed by atoms with E-state index in [2.05, 4.69) is 22.8 Å². The fourth-order valence-corrected chi connectivity index (χ4v) is 4.09. The molecule has 2 amide bonds. The Kier molecular flexibility index (Phi) is 8.25. The van der Waals surface area contributed by atoms with E-state index >= 15 is 0 Å². The van der Waals surface area contributed by atoms with E-state index in [4.69, 9.17) is 14.2 Å². The monoisotopic (exact) mass is 470 g/mol. The van der Waals surface area contributed by atoms with Gasteiger partial charge in [0, 0.05) is 26.7 Å². The summed E-state index contributed by atoms with van der Waals surface area (Å²) < 4.78 is 15.6. The predicted molar refractivity (Wildman–Crippen MR) is 125 cm³/mol. The van der Waals surface area contributed by atoms with E-state index in [-0.39, 0.29) is 32.1 Å². The molecule has 3 rings (SSSR count). The SMILES string of the molecule is COCC(C)(NC(=O)CC(CNC(=O)OCC1c2ccccc2-c2ccccc21)OC)C(=O)O. The van der Waals surface area contributed by atoms with Gasteiger partial charge in [-0.25, -0.2) is 9.59 Å². The molecule has 1 aliphatic rings. The van der Waals surface area contributed by atoms with Gasteiger partial charge in [0.2, 0.25) is 5.91 Å². The van der Waals surface area contributed by atoms with Gasteiger partial charge in [-0.1, -0.05) is 48.5 Å². The predicted octanol–water partition coefficient (Wildman–Crippen LogP) is 2.54. The topological polar surface area (TPSA) is 123 Å². The lowest BCUT2D eigenvalue weighted by molar-refractivity contribution is -0.149. The number of ether oxygens (including phenoxy) is 3. The van der Waals surface area contributed by atoms with E-state index in [1.807, 2.05) is 36.4 Å². The van der Waals surface area contributed by atoms with Crippen LogP contribution in [-0.4, -0.2) is 68.7 Å². The fourth-order valence-electron chi connectivity index (χ4n) is 4.09. The molecule has 34 heavy (non-hydrogen) atoms. The molecule has 0 radical (unpaired) electrons. The van der Waals surface area contributed by atoms with Crippen molar-refractivity contribution in [1.29, 1.82) is 0 Å². The number of carboxylic acid groups (broad SMARTS) is 1. The van der Waals surface area contributed by atoms with Gasteiger partial charge in [0.1, 0.15) is 6.61 Å². The summed E-state index contributed by atoms with van der Waals surface area (Å²) in [6, 6.07) is 16.1. The van der Waals surface area contributed by atoms with Crippen molar-refractivity contribution >= 4 is 18.0 Å². The summed E-state index contributed by atoms with van der Waals surface area (Å²) in [5, 5.41) is 14.4. The lowest BCUT2D eigenvalue weighted by atomic mass is 9.98. The molecule has 0 aromatic heterocycles. The maximum Gasteiger partial charge on any atom is 0.407 e. The highest BCUT2D eigenvalue weighted by molar-refractivity contribution is 5.87. The zero-order valence-corrected chi connectivity index (χ0v) is 19.5. The normalized spacial score (nSPS) is 14.9. The molecule has 2 aromatic rings. The molecular formula is C25H30N2O7. The Morgan fingerprint density at radius 1 is 1.03 bits per heavy atom. The highest BCUT2D eigenvalue weighted by Crippen LogP contribution is 2.44. The van der Waals surface area contributed by atoms with Crippen LogP contribution in [0.1, 0.15) is 30.4 Å². The summed E-state index contributed by atoms with van der Waals surface area (Å²) in [5.74, 6) is -1.81. The number of benzene rings is 2. The largest absolute Gasteiger partial charge is 0.479 e. The van der Waals surface area contributed by atoms with Gasteiger partial charge in [-0.2, -0.15) is 0 Å². The standard InChI is InChI=1S/C25H30N2O7/c1-25(15-32-2,23(29)30)27-22(28)12-16(33-3)13-26-24(31)34-14-21-19-10-6-4-8-17(19)18-9-5-7-11-20(18)21/h4-11,16,21H,12-15H2,1-3H3,(H,26,31)(H,27,28)(H,29,30). The number of rotatable bonds is 11. The molecule has 0 spiro atoms. The number of hydrogen-bond acceptors (Lipinski definition) is 6.